The fourth-order valence-electron chi connectivity index (χ4n) is 2.74. The summed E-state index contributed by atoms with van der Waals surface area (Å²) < 4.78 is 10.8. The monoisotopic (exact) mass is 274 g/mol. The molecule has 0 radical (unpaired) electrons. The third-order valence-electron chi connectivity index (χ3n) is 3.92. The molecular weight excluding hydrogens is 247 g/mol. The summed E-state index contributed by atoms with van der Waals surface area (Å²) in [6.07, 6.45) is 4.42. The van der Waals surface area contributed by atoms with Crippen molar-refractivity contribution in [2.24, 2.45) is 5.92 Å². The molecule has 1 aliphatic rings. The first-order chi connectivity index (χ1) is 9.51. The minimum Gasteiger partial charge on any atom is -0.497 e. The van der Waals surface area contributed by atoms with E-state index in [2.05, 4.69) is 40.0 Å². The van der Waals surface area contributed by atoms with Gasteiger partial charge in [-0.3, -0.25) is 0 Å². The van der Waals surface area contributed by atoms with Gasteiger partial charge in [-0.15, -0.1) is 12.1 Å². The summed E-state index contributed by atoms with van der Waals surface area (Å²) in [5, 5.41) is 0. The van der Waals surface area contributed by atoms with Crippen LogP contribution < -0.4 is 0 Å². The van der Waals surface area contributed by atoms with Crippen molar-refractivity contribution < 1.29 is 9.47 Å². The highest BCUT2D eigenvalue weighted by Gasteiger charge is 2.22. The van der Waals surface area contributed by atoms with E-state index in [0.29, 0.717) is 5.92 Å². The van der Waals surface area contributed by atoms with Crippen molar-refractivity contribution in [2.75, 3.05) is 20.3 Å². The highest BCUT2D eigenvalue weighted by atomic mass is 16.5. The van der Waals surface area contributed by atoms with Gasteiger partial charge in [0.1, 0.15) is 5.76 Å². The summed E-state index contributed by atoms with van der Waals surface area (Å²) in [6.45, 7) is 16.1. The lowest BCUT2D eigenvalue weighted by Gasteiger charge is -2.28. The highest BCUT2D eigenvalue weighted by molar-refractivity contribution is 6.55. The molecule has 0 unspecified atom stereocenters. The third-order valence-corrected chi connectivity index (χ3v) is 3.92. The summed E-state index contributed by atoms with van der Waals surface area (Å²) >= 11 is 0. The standard InChI is InChI=1S/C17H27BO2/c1-7-16(15-8-10-20-11-9-15)17(18-12(2)3)13(4)14(5)19-6/h7,15,18H,2,5,8-11H2,1,3-4,6H3/b16-7-,17-13+. The zero-order valence-electron chi connectivity index (χ0n) is 13.4. The van der Waals surface area contributed by atoms with Crippen molar-refractivity contribution in [1.29, 1.82) is 0 Å². The van der Waals surface area contributed by atoms with E-state index >= 15 is 0 Å². The van der Waals surface area contributed by atoms with Gasteiger partial charge < -0.3 is 9.47 Å². The highest BCUT2D eigenvalue weighted by Crippen LogP contribution is 2.32. The van der Waals surface area contributed by atoms with E-state index in [4.69, 9.17) is 9.47 Å². The fraction of sp³-hybridized carbons (Fsp3) is 0.529. The van der Waals surface area contributed by atoms with Crippen LogP contribution in [0, 0.1) is 5.92 Å². The molecule has 0 bridgehead atoms. The van der Waals surface area contributed by atoms with Crippen molar-refractivity contribution in [3.05, 3.63) is 47.1 Å². The number of rotatable bonds is 6. The minimum absolute atomic E-state index is 0.572. The van der Waals surface area contributed by atoms with E-state index in [9.17, 15) is 0 Å². The molecule has 1 fully saturated rings. The molecule has 1 aliphatic heterocycles. The summed E-state index contributed by atoms with van der Waals surface area (Å²) in [7, 11) is 2.55. The van der Waals surface area contributed by atoms with Crippen LogP contribution in [0.2, 0.25) is 0 Å². The second-order valence-corrected chi connectivity index (χ2v) is 5.50. The van der Waals surface area contributed by atoms with E-state index in [1.54, 1.807) is 7.11 Å². The number of hydrogen-bond acceptors (Lipinski definition) is 2. The van der Waals surface area contributed by atoms with Crippen molar-refractivity contribution in [1.82, 2.24) is 0 Å². The smallest absolute Gasteiger partial charge is 0.186 e. The summed E-state index contributed by atoms with van der Waals surface area (Å²) in [5.41, 5.74) is 5.02. The number of hydrogen-bond donors (Lipinski definition) is 0. The van der Waals surface area contributed by atoms with Gasteiger partial charge in [0.05, 0.1) is 7.11 Å². The average Bonchev–Trinajstić information content (AvgIpc) is 2.46. The fourth-order valence-corrected chi connectivity index (χ4v) is 2.74. The second kappa shape index (κ2) is 8.16. The Kier molecular flexibility index (Phi) is 6.87. The van der Waals surface area contributed by atoms with Gasteiger partial charge in [0.15, 0.2) is 7.28 Å². The zero-order valence-corrected chi connectivity index (χ0v) is 13.4. The average molecular weight is 274 g/mol. The molecule has 0 amide bonds. The van der Waals surface area contributed by atoms with Gasteiger partial charge in [-0.05, 0) is 38.2 Å². The van der Waals surface area contributed by atoms with Gasteiger partial charge in [0.2, 0.25) is 0 Å². The van der Waals surface area contributed by atoms with Gasteiger partial charge in [-0.25, -0.2) is 0 Å². The Morgan fingerprint density at radius 1 is 1.25 bits per heavy atom. The summed E-state index contributed by atoms with van der Waals surface area (Å²) in [6, 6.07) is 0. The SMILES string of the molecule is C=C(C)BC(/C(=C\C)C1CCOCC1)=C(\C)C(=C)OC. The first kappa shape index (κ1) is 16.8. The Hall–Kier alpha value is -1.22. The topological polar surface area (TPSA) is 18.5 Å². The first-order valence-corrected chi connectivity index (χ1v) is 7.33. The third kappa shape index (κ3) is 4.41. The van der Waals surface area contributed by atoms with Crippen LogP contribution in [0.3, 0.4) is 0 Å². The Morgan fingerprint density at radius 2 is 1.85 bits per heavy atom. The lowest BCUT2D eigenvalue weighted by Crippen LogP contribution is -2.21. The van der Waals surface area contributed by atoms with Gasteiger partial charge in [-0.1, -0.05) is 30.6 Å². The Bertz CT molecular complexity index is 426. The molecule has 1 saturated heterocycles. The van der Waals surface area contributed by atoms with Crippen LogP contribution in [-0.4, -0.2) is 27.6 Å². The van der Waals surface area contributed by atoms with E-state index < -0.39 is 0 Å². The van der Waals surface area contributed by atoms with Crippen molar-refractivity contribution in [3.63, 3.8) is 0 Å². The maximum absolute atomic E-state index is 5.48. The predicted octanol–water partition coefficient (Wildman–Crippen LogP) is 3.76. The molecule has 20 heavy (non-hydrogen) atoms. The van der Waals surface area contributed by atoms with Gasteiger partial charge in [-0.2, -0.15) is 0 Å². The van der Waals surface area contributed by atoms with E-state index in [0.717, 1.165) is 50.1 Å². The predicted molar refractivity (Wildman–Crippen MR) is 88.1 cm³/mol. The van der Waals surface area contributed by atoms with Crippen molar-refractivity contribution in [2.45, 2.75) is 33.6 Å². The molecule has 0 atom stereocenters. The second-order valence-electron chi connectivity index (χ2n) is 5.50. The quantitative estimate of drug-likeness (QED) is 0.417. The molecule has 110 valence electrons. The molecule has 0 saturated carbocycles. The number of ether oxygens (including phenoxy) is 2. The maximum Gasteiger partial charge on any atom is 0.186 e. The molecule has 0 N–H and O–H groups in total. The van der Waals surface area contributed by atoms with Crippen molar-refractivity contribution >= 4 is 7.28 Å². The van der Waals surface area contributed by atoms with Crippen molar-refractivity contribution in [3.8, 4) is 0 Å². The molecule has 0 aromatic heterocycles. The largest absolute Gasteiger partial charge is 0.497 e. The van der Waals surface area contributed by atoms with Crippen LogP contribution in [0.25, 0.3) is 0 Å². The van der Waals surface area contributed by atoms with E-state index in [1.807, 2.05) is 0 Å². The maximum atomic E-state index is 5.48. The van der Waals surface area contributed by atoms with Crippen LogP contribution in [0.1, 0.15) is 33.6 Å². The molecule has 1 rings (SSSR count). The van der Waals surface area contributed by atoms with E-state index in [1.165, 1.54) is 11.0 Å². The van der Waals surface area contributed by atoms with Crippen LogP contribution in [-0.2, 0) is 9.47 Å². The number of allylic oxidation sites excluding steroid dienone is 5. The van der Waals surface area contributed by atoms with Crippen LogP contribution in [0.4, 0.5) is 0 Å². The lowest BCUT2D eigenvalue weighted by atomic mass is 9.57. The molecule has 3 heteroatoms. The minimum atomic E-state index is 0.572. The van der Waals surface area contributed by atoms with E-state index in [-0.39, 0.29) is 0 Å². The molecule has 0 aliphatic carbocycles. The summed E-state index contributed by atoms with van der Waals surface area (Å²) in [5.74, 6) is 1.32. The molecule has 0 aromatic rings. The number of methoxy groups -OCH3 is 1. The molecule has 2 nitrogen and oxygen atoms in total. The summed E-state index contributed by atoms with van der Waals surface area (Å²) in [4.78, 5) is 0. The van der Waals surface area contributed by atoms with Crippen LogP contribution in [0.5, 0.6) is 0 Å². The molecule has 0 spiro atoms. The zero-order chi connectivity index (χ0) is 15.1. The normalized spacial score (nSPS) is 18.3. The molecule has 1 heterocycles. The van der Waals surface area contributed by atoms with Crippen LogP contribution >= 0.6 is 0 Å². The molecule has 0 aromatic carbocycles. The Morgan fingerprint density at radius 3 is 2.30 bits per heavy atom. The molecular formula is C17H27BO2. The first-order valence-electron chi connectivity index (χ1n) is 7.33. The van der Waals surface area contributed by atoms with Gasteiger partial charge in [0.25, 0.3) is 0 Å². The van der Waals surface area contributed by atoms with Gasteiger partial charge in [0, 0.05) is 13.2 Å². The Balaban J connectivity index is 3.13. The Labute approximate surface area is 124 Å². The van der Waals surface area contributed by atoms with Gasteiger partial charge >= 0.3 is 0 Å². The van der Waals surface area contributed by atoms with Crippen LogP contribution in [0.15, 0.2) is 47.1 Å². The lowest BCUT2D eigenvalue weighted by molar-refractivity contribution is 0.0764.